The third-order valence-corrected chi connectivity index (χ3v) is 3.21. The fraction of sp³-hybridized carbons (Fsp3) is 0.700. The van der Waals surface area contributed by atoms with Crippen molar-refractivity contribution >= 4 is 17.7 Å². The number of amides is 1. The van der Waals surface area contributed by atoms with E-state index in [0.717, 1.165) is 13.0 Å². The summed E-state index contributed by atoms with van der Waals surface area (Å²) >= 11 is 1.28. The van der Waals surface area contributed by atoms with E-state index in [1.54, 1.807) is 6.92 Å². The normalized spacial score (nSPS) is 10.9. The van der Waals surface area contributed by atoms with Gasteiger partial charge in [-0.3, -0.25) is 4.79 Å². The van der Waals surface area contributed by atoms with E-state index in [1.165, 1.54) is 16.4 Å². The van der Waals surface area contributed by atoms with Crippen LogP contribution in [0.25, 0.3) is 0 Å². The van der Waals surface area contributed by atoms with Gasteiger partial charge in [0.2, 0.25) is 11.1 Å². The summed E-state index contributed by atoms with van der Waals surface area (Å²) < 4.78 is 1.38. The SMILES string of the molecule is Cc1nnc(SCC(=O)NCCCN(C)C)n1N. The molecule has 1 aromatic rings. The number of hydrogen-bond donors (Lipinski definition) is 2. The van der Waals surface area contributed by atoms with Gasteiger partial charge < -0.3 is 16.1 Å². The summed E-state index contributed by atoms with van der Waals surface area (Å²) in [6.45, 7) is 3.41. The number of aryl methyl sites for hydroxylation is 1. The second-order valence-electron chi connectivity index (χ2n) is 4.20. The van der Waals surface area contributed by atoms with Crippen molar-refractivity contribution in [1.29, 1.82) is 0 Å². The van der Waals surface area contributed by atoms with Crippen LogP contribution in [0.1, 0.15) is 12.2 Å². The Labute approximate surface area is 111 Å². The van der Waals surface area contributed by atoms with E-state index < -0.39 is 0 Å². The van der Waals surface area contributed by atoms with Gasteiger partial charge in [0.05, 0.1) is 5.75 Å². The lowest BCUT2D eigenvalue weighted by Crippen LogP contribution is -2.28. The molecule has 8 heteroatoms. The van der Waals surface area contributed by atoms with Gasteiger partial charge in [-0.2, -0.15) is 0 Å². The number of nitrogens with one attached hydrogen (secondary N) is 1. The summed E-state index contributed by atoms with van der Waals surface area (Å²) in [6, 6.07) is 0. The van der Waals surface area contributed by atoms with Gasteiger partial charge in [0, 0.05) is 6.54 Å². The van der Waals surface area contributed by atoms with E-state index in [2.05, 4.69) is 20.4 Å². The molecule has 0 unspecified atom stereocenters. The molecule has 102 valence electrons. The maximum Gasteiger partial charge on any atom is 0.230 e. The molecule has 0 spiro atoms. The molecule has 7 nitrogen and oxygen atoms in total. The van der Waals surface area contributed by atoms with Crippen LogP contribution in [0.5, 0.6) is 0 Å². The van der Waals surface area contributed by atoms with E-state index in [9.17, 15) is 4.79 Å². The molecular weight excluding hydrogens is 252 g/mol. The van der Waals surface area contributed by atoms with Crippen molar-refractivity contribution in [1.82, 2.24) is 25.1 Å². The highest BCUT2D eigenvalue weighted by molar-refractivity contribution is 7.99. The molecule has 1 aromatic heterocycles. The van der Waals surface area contributed by atoms with Crippen LogP contribution in [-0.4, -0.2) is 58.6 Å². The van der Waals surface area contributed by atoms with Gasteiger partial charge in [-0.25, -0.2) is 4.68 Å². The molecule has 0 radical (unpaired) electrons. The van der Waals surface area contributed by atoms with Crippen LogP contribution < -0.4 is 11.2 Å². The molecule has 1 rings (SSSR count). The molecule has 0 aliphatic rings. The Morgan fingerprint density at radius 1 is 1.50 bits per heavy atom. The predicted molar refractivity (Wildman–Crippen MR) is 71.8 cm³/mol. The number of carbonyl (C=O) groups excluding carboxylic acids is 1. The summed E-state index contributed by atoms with van der Waals surface area (Å²) in [7, 11) is 4.02. The average Bonchev–Trinajstić information content (AvgIpc) is 2.63. The summed E-state index contributed by atoms with van der Waals surface area (Å²) in [5, 5.41) is 11.1. The van der Waals surface area contributed by atoms with E-state index in [1.807, 2.05) is 14.1 Å². The minimum Gasteiger partial charge on any atom is -0.355 e. The zero-order chi connectivity index (χ0) is 13.5. The first kappa shape index (κ1) is 14.8. The number of rotatable bonds is 7. The summed E-state index contributed by atoms with van der Waals surface area (Å²) in [4.78, 5) is 13.6. The van der Waals surface area contributed by atoms with Crippen LogP contribution in [0.15, 0.2) is 5.16 Å². The fourth-order valence-corrected chi connectivity index (χ4v) is 1.98. The van der Waals surface area contributed by atoms with Crippen molar-refractivity contribution in [2.24, 2.45) is 0 Å². The van der Waals surface area contributed by atoms with Crippen LogP contribution in [0.3, 0.4) is 0 Å². The second-order valence-corrected chi connectivity index (χ2v) is 5.14. The third kappa shape index (κ3) is 4.92. The molecule has 0 atom stereocenters. The summed E-state index contributed by atoms with van der Waals surface area (Å²) in [6.07, 6.45) is 0.940. The highest BCUT2D eigenvalue weighted by Crippen LogP contribution is 2.13. The lowest BCUT2D eigenvalue weighted by molar-refractivity contribution is -0.118. The molecule has 0 saturated carbocycles. The van der Waals surface area contributed by atoms with Gasteiger partial charge >= 0.3 is 0 Å². The zero-order valence-electron chi connectivity index (χ0n) is 11.0. The Kier molecular flexibility index (Phi) is 5.93. The van der Waals surface area contributed by atoms with E-state index in [4.69, 9.17) is 5.84 Å². The third-order valence-electron chi connectivity index (χ3n) is 2.27. The first-order valence-corrected chi connectivity index (χ1v) is 6.70. The molecule has 0 saturated heterocycles. The van der Waals surface area contributed by atoms with Gasteiger partial charge in [-0.05, 0) is 34.0 Å². The first-order valence-electron chi connectivity index (χ1n) is 5.72. The lowest BCUT2D eigenvalue weighted by atomic mass is 10.4. The monoisotopic (exact) mass is 272 g/mol. The standard InChI is InChI=1S/C10H20N6OS/c1-8-13-14-10(16(8)11)18-7-9(17)12-5-4-6-15(2)3/h4-7,11H2,1-3H3,(H,12,17). The number of carbonyl (C=O) groups is 1. The fourth-order valence-electron chi connectivity index (χ4n) is 1.25. The first-order chi connectivity index (χ1) is 8.50. The molecule has 18 heavy (non-hydrogen) atoms. The van der Waals surface area contributed by atoms with Crippen LogP contribution >= 0.6 is 11.8 Å². The Hall–Kier alpha value is -1.28. The highest BCUT2D eigenvalue weighted by atomic mass is 32.2. The van der Waals surface area contributed by atoms with Crippen LogP contribution in [0.2, 0.25) is 0 Å². The number of hydrogen-bond acceptors (Lipinski definition) is 6. The molecule has 0 bridgehead atoms. The zero-order valence-corrected chi connectivity index (χ0v) is 11.8. The van der Waals surface area contributed by atoms with Crippen molar-refractivity contribution in [3.8, 4) is 0 Å². The molecule has 0 aromatic carbocycles. The van der Waals surface area contributed by atoms with Crippen molar-refractivity contribution in [2.45, 2.75) is 18.5 Å². The Bertz CT molecular complexity index is 392. The number of nitrogen functional groups attached to an aromatic ring is 1. The molecule has 0 fully saturated rings. The maximum absolute atomic E-state index is 11.5. The topological polar surface area (TPSA) is 89.1 Å². The van der Waals surface area contributed by atoms with Crippen LogP contribution in [0, 0.1) is 6.92 Å². The molecule has 0 aliphatic heterocycles. The van der Waals surface area contributed by atoms with E-state index in [-0.39, 0.29) is 5.91 Å². The number of nitrogens with zero attached hydrogens (tertiary/aromatic N) is 4. The van der Waals surface area contributed by atoms with Crippen molar-refractivity contribution in [2.75, 3.05) is 38.8 Å². The van der Waals surface area contributed by atoms with Gasteiger partial charge in [0.25, 0.3) is 0 Å². The minimum absolute atomic E-state index is 0.0144. The van der Waals surface area contributed by atoms with Gasteiger partial charge in [-0.15, -0.1) is 10.2 Å². The Balaban J connectivity index is 2.19. The molecule has 1 amide bonds. The van der Waals surface area contributed by atoms with E-state index >= 15 is 0 Å². The largest absolute Gasteiger partial charge is 0.355 e. The van der Waals surface area contributed by atoms with Crippen molar-refractivity contribution < 1.29 is 4.79 Å². The van der Waals surface area contributed by atoms with Crippen LogP contribution in [0.4, 0.5) is 0 Å². The van der Waals surface area contributed by atoms with Crippen molar-refractivity contribution in [3.05, 3.63) is 5.82 Å². The van der Waals surface area contributed by atoms with Gasteiger partial charge in [0.1, 0.15) is 5.82 Å². The minimum atomic E-state index is -0.0144. The lowest BCUT2D eigenvalue weighted by Gasteiger charge is -2.09. The summed E-state index contributed by atoms with van der Waals surface area (Å²) in [5.74, 6) is 6.59. The number of aromatic nitrogens is 3. The van der Waals surface area contributed by atoms with E-state index in [0.29, 0.717) is 23.3 Å². The maximum atomic E-state index is 11.5. The smallest absolute Gasteiger partial charge is 0.230 e. The Morgan fingerprint density at radius 3 is 2.78 bits per heavy atom. The number of nitrogens with two attached hydrogens (primary N) is 1. The second kappa shape index (κ2) is 7.22. The molecular formula is C10H20N6OS. The molecule has 1 heterocycles. The van der Waals surface area contributed by atoms with Gasteiger partial charge in [-0.1, -0.05) is 11.8 Å². The Morgan fingerprint density at radius 2 is 2.22 bits per heavy atom. The summed E-state index contributed by atoms with van der Waals surface area (Å²) in [5.41, 5.74) is 0. The van der Waals surface area contributed by atoms with Gasteiger partial charge in [0.15, 0.2) is 0 Å². The van der Waals surface area contributed by atoms with Crippen molar-refractivity contribution in [3.63, 3.8) is 0 Å². The highest BCUT2D eigenvalue weighted by Gasteiger charge is 2.09. The predicted octanol–water partition coefficient (Wildman–Crippen LogP) is -0.540. The quantitative estimate of drug-likeness (QED) is 0.394. The molecule has 0 aliphatic carbocycles. The van der Waals surface area contributed by atoms with Crippen LogP contribution in [-0.2, 0) is 4.79 Å². The average molecular weight is 272 g/mol. The number of thioether (sulfide) groups is 1. The molecule has 3 N–H and O–H groups in total.